The van der Waals surface area contributed by atoms with Crippen molar-refractivity contribution in [3.63, 3.8) is 0 Å². The van der Waals surface area contributed by atoms with Crippen LogP contribution in [0.4, 0.5) is 5.69 Å². The fourth-order valence-corrected chi connectivity index (χ4v) is 2.69. The zero-order valence-corrected chi connectivity index (χ0v) is 12.6. The lowest BCUT2D eigenvalue weighted by molar-refractivity contribution is 0.0991. The number of methoxy groups -OCH3 is 2. The van der Waals surface area contributed by atoms with Crippen LogP contribution in [0.25, 0.3) is 10.4 Å². The highest BCUT2D eigenvalue weighted by Crippen LogP contribution is 2.41. The summed E-state index contributed by atoms with van der Waals surface area (Å²) in [6, 6.07) is 12.2. The summed E-state index contributed by atoms with van der Waals surface area (Å²) >= 11 is 0. The molecule has 1 aliphatic rings. The topological polar surface area (TPSA) is 87.5 Å². The predicted molar refractivity (Wildman–Crippen MR) is 84.7 cm³/mol. The zero-order valence-electron chi connectivity index (χ0n) is 12.6. The third kappa shape index (κ3) is 2.33. The van der Waals surface area contributed by atoms with Gasteiger partial charge in [0.25, 0.3) is 5.91 Å². The van der Waals surface area contributed by atoms with E-state index in [1.807, 2.05) is 6.07 Å². The molecule has 7 nitrogen and oxygen atoms in total. The summed E-state index contributed by atoms with van der Waals surface area (Å²) in [4.78, 5) is 17.0. The van der Waals surface area contributed by atoms with E-state index in [0.29, 0.717) is 28.3 Å². The Morgan fingerprint density at radius 2 is 1.87 bits per heavy atom. The number of hydrogen-bond acceptors (Lipinski definition) is 4. The SMILES string of the molecule is COc1ccc(N2C(=O)c3ccccc3C2N=[N+]=[N-])cc1OC. The van der Waals surface area contributed by atoms with Gasteiger partial charge in [-0.3, -0.25) is 9.69 Å². The Labute approximate surface area is 132 Å². The highest BCUT2D eigenvalue weighted by atomic mass is 16.5. The molecule has 2 aromatic carbocycles. The molecule has 0 bridgehead atoms. The molecule has 0 radical (unpaired) electrons. The Balaban J connectivity index is 2.12. The number of azide groups is 1. The van der Waals surface area contributed by atoms with Crippen LogP contribution in [0.2, 0.25) is 0 Å². The molecule has 0 saturated heterocycles. The molecule has 1 aliphatic heterocycles. The molecule has 1 atom stereocenters. The van der Waals surface area contributed by atoms with E-state index < -0.39 is 6.17 Å². The van der Waals surface area contributed by atoms with Gasteiger partial charge >= 0.3 is 0 Å². The zero-order chi connectivity index (χ0) is 16.4. The monoisotopic (exact) mass is 310 g/mol. The van der Waals surface area contributed by atoms with E-state index in [1.165, 1.54) is 19.1 Å². The first kappa shape index (κ1) is 14.7. The van der Waals surface area contributed by atoms with E-state index in [1.54, 1.807) is 36.4 Å². The van der Waals surface area contributed by atoms with E-state index in [4.69, 9.17) is 15.0 Å². The van der Waals surface area contributed by atoms with Crippen molar-refractivity contribution in [3.8, 4) is 11.5 Å². The van der Waals surface area contributed by atoms with E-state index >= 15 is 0 Å². The quantitative estimate of drug-likeness (QED) is 0.490. The van der Waals surface area contributed by atoms with Gasteiger partial charge in [-0.25, -0.2) is 0 Å². The van der Waals surface area contributed by atoms with Crippen molar-refractivity contribution in [3.05, 3.63) is 64.0 Å². The molecule has 0 fully saturated rings. The molecule has 2 aromatic rings. The second-order valence-electron chi connectivity index (χ2n) is 4.88. The smallest absolute Gasteiger partial charge is 0.259 e. The normalized spacial score (nSPS) is 15.8. The summed E-state index contributed by atoms with van der Waals surface area (Å²) in [6.07, 6.45) is -0.721. The van der Waals surface area contributed by atoms with E-state index in [-0.39, 0.29) is 5.91 Å². The van der Waals surface area contributed by atoms with Crippen LogP contribution in [0.3, 0.4) is 0 Å². The maximum absolute atomic E-state index is 12.7. The van der Waals surface area contributed by atoms with Crippen molar-refractivity contribution >= 4 is 11.6 Å². The molecule has 116 valence electrons. The Morgan fingerprint density at radius 3 is 2.57 bits per heavy atom. The van der Waals surface area contributed by atoms with Gasteiger partial charge in [0.2, 0.25) is 0 Å². The third-order valence-corrected chi connectivity index (χ3v) is 3.74. The fraction of sp³-hybridized carbons (Fsp3) is 0.188. The van der Waals surface area contributed by atoms with Gasteiger partial charge in [0.15, 0.2) is 11.5 Å². The molecule has 0 saturated carbocycles. The number of anilines is 1. The maximum atomic E-state index is 12.7. The van der Waals surface area contributed by atoms with E-state index in [0.717, 1.165) is 0 Å². The molecular weight excluding hydrogens is 296 g/mol. The van der Waals surface area contributed by atoms with Crippen LogP contribution >= 0.6 is 0 Å². The van der Waals surface area contributed by atoms with Gasteiger partial charge in [-0.2, -0.15) is 0 Å². The first-order valence-electron chi connectivity index (χ1n) is 6.90. The minimum atomic E-state index is -0.721. The fourth-order valence-electron chi connectivity index (χ4n) is 2.69. The number of nitrogens with zero attached hydrogens (tertiary/aromatic N) is 4. The van der Waals surface area contributed by atoms with Crippen LogP contribution in [0.1, 0.15) is 22.1 Å². The van der Waals surface area contributed by atoms with E-state index in [2.05, 4.69) is 10.0 Å². The number of hydrogen-bond donors (Lipinski definition) is 0. The Bertz CT molecular complexity index is 815. The highest BCUT2D eigenvalue weighted by Gasteiger charge is 2.37. The Morgan fingerprint density at radius 1 is 1.13 bits per heavy atom. The summed E-state index contributed by atoms with van der Waals surface area (Å²) in [6.45, 7) is 0. The first-order chi connectivity index (χ1) is 11.2. The number of ether oxygens (including phenoxy) is 2. The molecule has 0 aromatic heterocycles. The number of fused-ring (bicyclic) bond motifs is 1. The van der Waals surface area contributed by atoms with Crippen molar-refractivity contribution < 1.29 is 14.3 Å². The number of rotatable bonds is 4. The van der Waals surface area contributed by atoms with Crippen LogP contribution in [-0.4, -0.2) is 20.1 Å². The lowest BCUT2D eigenvalue weighted by atomic mass is 10.1. The molecule has 0 spiro atoms. The lowest BCUT2D eigenvalue weighted by Gasteiger charge is -2.22. The van der Waals surface area contributed by atoms with Crippen LogP contribution < -0.4 is 14.4 Å². The van der Waals surface area contributed by atoms with Gasteiger partial charge < -0.3 is 9.47 Å². The molecule has 23 heavy (non-hydrogen) atoms. The average Bonchev–Trinajstić information content (AvgIpc) is 2.87. The van der Waals surface area contributed by atoms with Crippen molar-refractivity contribution in [2.45, 2.75) is 6.17 Å². The predicted octanol–water partition coefficient (Wildman–Crippen LogP) is 3.67. The maximum Gasteiger partial charge on any atom is 0.259 e. The molecule has 7 heteroatoms. The van der Waals surface area contributed by atoms with E-state index in [9.17, 15) is 4.79 Å². The summed E-state index contributed by atoms with van der Waals surface area (Å²) < 4.78 is 10.5. The van der Waals surface area contributed by atoms with Gasteiger partial charge in [-0.1, -0.05) is 23.3 Å². The lowest BCUT2D eigenvalue weighted by Crippen LogP contribution is -2.26. The van der Waals surface area contributed by atoms with Crippen molar-refractivity contribution in [1.29, 1.82) is 0 Å². The van der Waals surface area contributed by atoms with Crippen molar-refractivity contribution in [2.75, 3.05) is 19.1 Å². The van der Waals surface area contributed by atoms with Gasteiger partial charge in [0.05, 0.1) is 14.2 Å². The molecule has 1 heterocycles. The standard InChI is InChI=1S/C16H14N4O3/c1-22-13-8-7-10(9-14(13)23-2)20-15(18-19-17)11-5-3-4-6-12(11)16(20)21/h3-9,15H,1-2H3. The third-order valence-electron chi connectivity index (χ3n) is 3.74. The summed E-state index contributed by atoms with van der Waals surface area (Å²) in [5, 5.41) is 3.78. The van der Waals surface area contributed by atoms with Gasteiger partial charge in [0, 0.05) is 22.2 Å². The summed E-state index contributed by atoms with van der Waals surface area (Å²) in [5.41, 5.74) is 10.6. The van der Waals surface area contributed by atoms with Gasteiger partial charge in [0.1, 0.15) is 6.17 Å². The van der Waals surface area contributed by atoms with Crippen LogP contribution in [-0.2, 0) is 0 Å². The first-order valence-corrected chi connectivity index (χ1v) is 6.90. The molecule has 1 amide bonds. The van der Waals surface area contributed by atoms with Crippen LogP contribution in [0.15, 0.2) is 47.6 Å². The largest absolute Gasteiger partial charge is 0.493 e. The summed E-state index contributed by atoms with van der Waals surface area (Å²) in [7, 11) is 3.06. The van der Waals surface area contributed by atoms with Gasteiger partial charge in [-0.15, -0.1) is 0 Å². The van der Waals surface area contributed by atoms with Crippen LogP contribution in [0, 0.1) is 0 Å². The molecule has 3 rings (SSSR count). The van der Waals surface area contributed by atoms with Crippen molar-refractivity contribution in [2.24, 2.45) is 5.11 Å². The Hall–Kier alpha value is -3.18. The van der Waals surface area contributed by atoms with Gasteiger partial charge in [-0.05, 0) is 29.3 Å². The molecular formula is C16H14N4O3. The number of amides is 1. The Kier molecular flexibility index (Phi) is 3.78. The highest BCUT2D eigenvalue weighted by molar-refractivity contribution is 6.11. The van der Waals surface area contributed by atoms with Crippen LogP contribution in [0.5, 0.6) is 11.5 Å². The number of carbonyl (C=O) groups excluding carboxylic acids is 1. The minimum absolute atomic E-state index is 0.217. The second-order valence-corrected chi connectivity index (χ2v) is 4.88. The number of carbonyl (C=O) groups is 1. The molecule has 1 unspecified atom stereocenters. The molecule has 0 N–H and O–H groups in total. The molecule has 0 aliphatic carbocycles. The average molecular weight is 310 g/mol. The van der Waals surface area contributed by atoms with Crippen molar-refractivity contribution in [1.82, 2.24) is 0 Å². The summed E-state index contributed by atoms with van der Waals surface area (Å²) in [5.74, 6) is 0.833. The second kappa shape index (κ2) is 5.90. The minimum Gasteiger partial charge on any atom is -0.493 e. The number of benzene rings is 2.